The van der Waals surface area contributed by atoms with Crippen molar-refractivity contribution >= 4 is 17.8 Å². The lowest BCUT2D eigenvalue weighted by Crippen LogP contribution is -2.46. The molecule has 0 aliphatic carbocycles. The number of aromatic nitrogens is 2. The number of thioether (sulfide) groups is 1. The van der Waals surface area contributed by atoms with Crippen LogP contribution >= 0.6 is 11.8 Å². The van der Waals surface area contributed by atoms with Crippen LogP contribution in [0.4, 0.5) is 4.79 Å². The van der Waals surface area contributed by atoms with Crippen LogP contribution in [0.5, 0.6) is 0 Å². The number of carbonyl (C=O) groups excluding carboxylic acids is 1. The first kappa shape index (κ1) is 17.2. The molecular weight excluding hydrogens is 296 g/mol. The minimum absolute atomic E-state index is 0.0634. The van der Waals surface area contributed by atoms with Gasteiger partial charge in [0.1, 0.15) is 0 Å². The van der Waals surface area contributed by atoms with E-state index in [4.69, 9.17) is 0 Å². The lowest BCUT2D eigenvalue weighted by atomic mass is 9.99. The van der Waals surface area contributed by atoms with Crippen molar-refractivity contribution in [3.05, 3.63) is 17.0 Å². The highest BCUT2D eigenvalue weighted by molar-refractivity contribution is 7.98. The molecule has 5 nitrogen and oxygen atoms in total. The second-order valence-electron chi connectivity index (χ2n) is 6.21. The summed E-state index contributed by atoms with van der Waals surface area (Å²) in [5, 5.41) is 10.5. The lowest BCUT2D eigenvalue weighted by Gasteiger charge is -2.31. The summed E-state index contributed by atoms with van der Waals surface area (Å²) in [6, 6.07) is 0.397. The number of H-pyrrole nitrogens is 1. The van der Waals surface area contributed by atoms with E-state index in [0.717, 1.165) is 36.5 Å². The first-order valence-corrected chi connectivity index (χ1v) is 9.51. The van der Waals surface area contributed by atoms with E-state index in [1.165, 1.54) is 18.4 Å². The highest BCUT2D eigenvalue weighted by Crippen LogP contribution is 2.33. The van der Waals surface area contributed by atoms with Crippen LogP contribution in [0.1, 0.15) is 55.6 Å². The fourth-order valence-corrected chi connectivity index (χ4v) is 3.87. The highest BCUT2D eigenvalue weighted by Gasteiger charge is 2.30. The summed E-state index contributed by atoms with van der Waals surface area (Å²) in [4.78, 5) is 14.8. The number of likely N-dealkylation sites (tertiary alicyclic amines) is 1. The molecule has 1 saturated heterocycles. The summed E-state index contributed by atoms with van der Waals surface area (Å²) >= 11 is 1.76. The van der Waals surface area contributed by atoms with E-state index < -0.39 is 0 Å². The van der Waals surface area contributed by atoms with Crippen molar-refractivity contribution in [1.82, 2.24) is 20.4 Å². The summed E-state index contributed by atoms with van der Waals surface area (Å²) in [5.41, 5.74) is 3.30. The first-order valence-electron chi connectivity index (χ1n) is 8.12. The predicted molar refractivity (Wildman–Crippen MR) is 92.4 cm³/mol. The minimum Gasteiger partial charge on any atom is -0.335 e. The van der Waals surface area contributed by atoms with E-state index in [9.17, 15) is 4.79 Å². The number of aryl methyl sites for hydroxylation is 2. The Morgan fingerprint density at radius 3 is 2.86 bits per heavy atom. The first-order chi connectivity index (χ1) is 10.5. The molecule has 22 heavy (non-hydrogen) atoms. The van der Waals surface area contributed by atoms with Gasteiger partial charge >= 0.3 is 6.03 Å². The van der Waals surface area contributed by atoms with Gasteiger partial charge in [0.05, 0.1) is 11.7 Å². The third kappa shape index (κ3) is 3.97. The predicted octanol–water partition coefficient (Wildman–Crippen LogP) is 3.40. The number of carbonyl (C=O) groups is 1. The van der Waals surface area contributed by atoms with Crippen LogP contribution in [0.2, 0.25) is 0 Å². The number of amides is 2. The molecule has 0 spiro atoms. The number of nitrogens with one attached hydrogen (secondary N) is 2. The molecule has 2 N–H and O–H groups in total. The molecule has 1 aliphatic rings. The van der Waals surface area contributed by atoms with Crippen LogP contribution in [0.15, 0.2) is 0 Å². The van der Waals surface area contributed by atoms with Crippen LogP contribution < -0.4 is 5.32 Å². The van der Waals surface area contributed by atoms with Gasteiger partial charge in [-0.3, -0.25) is 5.10 Å². The molecule has 0 saturated carbocycles. The van der Waals surface area contributed by atoms with Gasteiger partial charge in [-0.25, -0.2) is 4.79 Å². The van der Waals surface area contributed by atoms with Gasteiger partial charge in [-0.1, -0.05) is 12.8 Å². The fraction of sp³-hybridized carbons (Fsp3) is 0.750. The van der Waals surface area contributed by atoms with Gasteiger partial charge in [-0.15, -0.1) is 0 Å². The van der Waals surface area contributed by atoms with E-state index in [2.05, 4.69) is 28.7 Å². The molecule has 0 unspecified atom stereocenters. The maximum atomic E-state index is 12.7. The van der Waals surface area contributed by atoms with Crippen molar-refractivity contribution in [2.24, 2.45) is 0 Å². The Hall–Kier alpha value is -1.17. The molecular formula is C16H28N4OS. The molecule has 2 rings (SSSR count). The largest absolute Gasteiger partial charge is 0.335 e. The quantitative estimate of drug-likeness (QED) is 0.892. The van der Waals surface area contributed by atoms with Gasteiger partial charge in [0.15, 0.2) is 0 Å². The van der Waals surface area contributed by atoms with Crippen LogP contribution in [-0.2, 0) is 0 Å². The standard InChI is InChI=1S/C16H28N4OS/c1-11(10-22-4)17-16(21)20-9-7-5-6-8-14(20)15-12(2)18-19-13(15)3/h11,14H,5-10H2,1-4H3,(H,17,21)(H,18,19)/t11-,14-/m0/s1. The molecule has 0 radical (unpaired) electrons. The third-order valence-corrected chi connectivity index (χ3v) is 5.15. The molecule has 2 atom stereocenters. The zero-order valence-corrected chi connectivity index (χ0v) is 14.9. The topological polar surface area (TPSA) is 61.0 Å². The van der Waals surface area contributed by atoms with Crippen molar-refractivity contribution in [2.45, 2.75) is 58.5 Å². The number of aromatic amines is 1. The maximum absolute atomic E-state index is 12.7. The molecule has 124 valence electrons. The van der Waals surface area contributed by atoms with E-state index in [0.29, 0.717) is 0 Å². The third-order valence-electron chi connectivity index (χ3n) is 4.32. The Balaban J connectivity index is 2.19. The molecule has 2 amide bonds. The summed E-state index contributed by atoms with van der Waals surface area (Å²) < 4.78 is 0. The van der Waals surface area contributed by atoms with Gasteiger partial charge in [0.25, 0.3) is 0 Å². The molecule has 0 bridgehead atoms. The van der Waals surface area contributed by atoms with Crippen LogP contribution in [0.25, 0.3) is 0 Å². The number of nitrogens with zero attached hydrogens (tertiary/aromatic N) is 2. The van der Waals surface area contributed by atoms with Crippen molar-refractivity contribution in [3.8, 4) is 0 Å². The van der Waals surface area contributed by atoms with E-state index in [1.54, 1.807) is 11.8 Å². The summed E-state index contributed by atoms with van der Waals surface area (Å²) in [6.07, 6.45) is 6.52. The van der Waals surface area contributed by atoms with Crippen LogP contribution in [-0.4, -0.2) is 45.7 Å². The highest BCUT2D eigenvalue weighted by atomic mass is 32.2. The number of hydrogen-bond donors (Lipinski definition) is 2. The summed E-state index contributed by atoms with van der Waals surface area (Å²) in [5.74, 6) is 0.939. The van der Waals surface area contributed by atoms with Crippen molar-refractivity contribution < 1.29 is 4.79 Å². The Bertz CT molecular complexity index is 483. The molecule has 2 heterocycles. The maximum Gasteiger partial charge on any atom is 0.318 e. The van der Waals surface area contributed by atoms with Crippen molar-refractivity contribution in [1.29, 1.82) is 0 Å². The minimum atomic E-state index is 0.0634. The molecule has 1 fully saturated rings. The number of rotatable bonds is 4. The number of hydrogen-bond acceptors (Lipinski definition) is 3. The van der Waals surface area contributed by atoms with Crippen molar-refractivity contribution in [2.75, 3.05) is 18.6 Å². The molecule has 1 aliphatic heterocycles. The van der Waals surface area contributed by atoms with E-state index in [-0.39, 0.29) is 18.1 Å². The second-order valence-corrected chi connectivity index (χ2v) is 7.12. The van der Waals surface area contributed by atoms with Gasteiger partial charge in [0.2, 0.25) is 0 Å². The Kier molecular flexibility index (Phi) is 6.17. The van der Waals surface area contributed by atoms with Crippen LogP contribution in [0, 0.1) is 13.8 Å². The van der Waals surface area contributed by atoms with Gasteiger partial charge in [0, 0.05) is 29.6 Å². The number of urea groups is 1. The lowest BCUT2D eigenvalue weighted by molar-refractivity contribution is 0.173. The van der Waals surface area contributed by atoms with Gasteiger partial charge < -0.3 is 10.2 Å². The summed E-state index contributed by atoms with van der Waals surface area (Å²) in [6.45, 7) is 6.96. The Morgan fingerprint density at radius 1 is 1.45 bits per heavy atom. The molecule has 1 aromatic heterocycles. The smallest absolute Gasteiger partial charge is 0.318 e. The molecule has 6 heteroatoms. The Labute approximate surface area is 137 Å². The second kappa shape index (κ2) is 7.90. The average Bonchev–Trinajstić information content (AvgIpc) is 2.67. The van der Waals surface area contributed by atoms with E-state index >= 15 is 0 Å². The van der Waals surface area contributed by atoms with Gasteiger partial charge in [-0.2, -0.15) is 16.9 Å². The average molecular weight is 324 g/mol. The van der Waals surface area contributed by atoms with Gasteiger partial charge in [-0.05, 0) is 39.9 Å². The Morgan fingerprint density at radius 2 is 2.23 bits per heavy atom. The monoisotopic (exact) mass is 324 g/mol. The van der Waals surface area contributed by atoms with Crippen molar-refractivity contribution in [3.63, 3.8) is 0 Å². The SMILES string of the molecule is CSC[C@H](C)NC(=O)N1CCCCC[C@H]1c1c(C)n[nH]c1C. The fourth-order valence-electron chi connectivity index (χ4n) is 3.29. The summed E-state index contributed by atoms with van der Waals surface area (Å²) in [7, 11) is 0. The van der Waals surface area contributed by atoms with E-state index in [1.807, 2.05) is 18.7 Å². The zero-order valence-electron chi connectivity index (χ0n) is 14.1. The zero-order chi connectivity index (χ0) is 16.1. The van der Waals surface area contributed by atoms with Crippen LogP contribution in [0.3, 0.4) is 0 Å². The normalized spacial score (nSPS) is 20.5. The molecule has 0 aromatic carbocycles. The molecule has 1 aromatic rings.